The van der Waals surface area contributed by atoms with E-state index in [1.807, 2.05) is 0 Å². The average Bonchev–Trinajstić information content (AvgIpc) is 2.15. The number of carbonyl (C=O) groups excluding carboxylic acids is 1. The Hall–Kier alpha value is -0.160. The Morgan fingerprint density at radius 1 is 1.56 bits per heavy atom. The first-order valence-electron chi connectivity index (χ1n) is 2.10. The molecule has 1 aromatic heterocycles. The second-order valence-electron chi connectivity index (χ2n) is 1.35. The summed E-state index contributed by atoms with van der Waals surface area (Å²) in [6, 6.07) is 0. The SMILES string of the molecule is O=Cc1n[nH]c(Br)c1Br. The van der Waals surface area contributed by atoms with Gasteiger partial charge in [0.15, 0.2) is 6.29 Å². The maximum absolute atomic E-state index is 10.1. The van der Waals surface area contributed by atoms with Crippen LogP contribution < -0.4 is 0 Å². The van der Waals surface area contributed by atoms with Crippen LogP contribution in [0, 0.1) is 0 Å². The van der Waals surface area contributed by atoms with Crippen LogP contribution in [0.4, 0.5) is 0 Å². The average molecular weight is 254 g/mol. The predicted octanol–water partition coefficient (Wildman–Crippen LogP) is 1.75. The molecule has 1 N–H and O–H groups in total. The van der Waals surface area contributed by atoms with Crippen LogP contribution in [0.2, 0.25) is 0 Å². The molecule has 0 spiro atoms. The van der Waals surface area contributed by atoms with E-state index in [0.717, 1.165) is 0 Å². The molecule has 9 heavy (non-hydrogen) atoms. The molecule has 0 aliphatic heterocycles. The van der Waals surface area contributed by atoms with Crippen LogP contribution in [0.3, 0.4) is 0 Å². The molecule has 0 unspecified atom stereocenters. The number of nitrogens with one attached hydrogen (secondary N) is 1. The summed E-state index contributed by atoms with van der Waals surface area (Å²) in [5.41, 5.74) is 0.377. The summed E-state index contributed by atoms with van der Waals surface area (Å²) in [5.74, 6) is 0. The molecule has 0 amide bonds. The molecule has 3 nitrogen and oxygen atoms in total. The van der Waals surface area contributed by atoms with E-state index in [0.29, 0.717) is 21.1 Å². The number of aldehydes is 1. The van der Waals surface area contributed by atoms with Gasteiger partial charge in [-0.05, 0) is 31.9 Å². The van der Waals surface area contributed by atoms with Crippen LogP contribution in [-0.4, -0.2) is 16.5 Å². The smallest absolute Gasteiger partial charge is 0.171 e. The zero-order valence-electron chi connectivity index (χ0n) is 4.19. The fourth-order valence-electron chi connectivity index (χ4n) is 0.398. The summed E-state index contributed by atoms with van der Waals surface area (Å²) in [7, 11) is 0. The Morgan fingerprint density at radius 2 is 2.22 bits per heavy atom. The Morgan fingerprint density at radius 3 is 2.44 bits per heavy atom. The van der Waals surface area contributed by atoms with Gasteiger partial charge in [-0.1, -0.05) is 0 Å². The van der Waals surface area contributed by atoms with Crippen molar-refractivity contribution in [2.75, 3.05) is 0 Å². The van der Waals surface area contributed by atoms with Crippen LogP contribution >= 0.6 is 31.9 Å². The number of aromatic nitrogens is 2. The Bertz CT molecular complexity index is 232. The minimum absolute atomic E-state index is 0.377. The van der Waals surface area contributed by atoms with Crippen LogP contribution in [0.5, 0.6) is 0 Å². The van der Waals surface area contributed by atoms with Crippen molar-refractivity contribution in [3.8, 4) is 0 Å². The van der Waals surface area contributed by atoms with Crippen LogP contribution in [-0.2, 0) is 0 Å². The minimum Gasteiger partial charge on any atom is -0.296 e. The van der Waals surface area contributed by atoms with E-state index in [4.69, 9.17) is 0 Å². The highest BCUT2D eigenvalue weighted by Gasteiger charge is 2.04. The predicted molar refractivity (Wildman–Crippen MR) is 39.4 cm³/mol. The van der Waals surface area contributed by atoms with Crippen molar-refractivity contribution in [3.05, 3.63) is 14.8 Å². The fourth-order valence-corrected chi connectivity index (χ4v) is 0.961. The number of rotatable bonds is 1. The molecule has 0 aliphatic rings. The largest absolute Gasteiger partial charge is 0.296 e. The lowest BCUT2D eigenvalue weighted by molar-refractivity contribution is 0.111. The zero-order chi connectivity index (χ0) is 6.85. The van der Waals surface area contributed by atoms with Gasteiger partial charge in [0.05, 0.1) is 4.47 Å². The van der Waals surface area contributed by atoms with E-state index in [9.17, 15) is 4.79 Å². The molecule has 0 atom stereocenters. The number of nitrogens with zero attached hydrogens (tertiary/aromatic N) is 1. The second kappa shape index (κ2) is 2.62. The number of carbonyl (C=O) groups is 1. The van der Waals surface area contributed by atoms with Crippen LogP contribution in [0.25, 0.3) is 0 Å². The van der Waals surface area contributed by atoms with Gasteiger partial charge >= 0.3 is 0 Å². The normalized spacial score (nSPS) is 9.56. The van der Waals surface area contributed by atoms with E-state index < -0.39 is 0 Å². The molecule has 0 aromatic carbocycles. The first kappa shape index (κ1) is 6.95. The highest BCUT2D eigenvalue weighted by molar-refractivity contribution is 9.13. The van der Waals surface area contributed by atoms with Crippen molar-refractivity contribution in [1.29, 1.82) is 0 Å². The molecule has 0 radical (unpaired) electrons. The van der Waals surface area contributed by atoms with Gasteiger partial charge in [-0.2, -0.15) is 5.10 Å². The van der Waals surface area contributed by atoms with Crippen molar-refractivity contribution in [2.24, 2.45) is 0 Å². The zero-order valence-corrected chi connectivity index (χ0v) is 7.36. The van der Waals surface area contributed by atoms with Gasteiger partial charge in [-0.15, -0.1) is 0 Å². The number of aromatic amines is 1. The Labute approximate surface area is 68.1 Å². The molecule has 0 aliphatic carbocycles. The van der Waals surface area contributed by atoms with E-state index in [1.165, 1.54) is 0 Å². The lowest BCUT2D eigenvalue weighted by Crippen LogP contribution is -1.77. The van der Waals surface area contributed by atoms with Gasteiger partial charge in [0, 0.05) is 0 Å². The summed E-state index contributed by atoms with van der Waals surface area (Å²) in [6.07, 6.45) is 0.672. The lowest BCUT2D eigenvalue weighted by atomic mass is 10.5. The summed E-state index contributed by atoms with van der Waals surface area (Å²) in [4.78, 5) is 10.1. The monoisotopic (exact) mass is 252 g/mol. The van der Waals surface area contributed by atoms with Crippen molar-refractivity contribution in [1.82, 2.24) is 10.2 Å². The third kappa shape index (κ3) is 1.21. The maximum Gasteiger partial charge on any atom is 0.171 e. The molecular weight excluding hydrogens is 252 g/mol. The molecular formula is C4H2Br2N2O. The molecule has 0 bridgehead atoms. The number of hydrogen-bond donors (Lipinski definition) is 1. The highest BCUT2D eigenvalue weighted by Crippen LogP contribution is 2.21. The maximum atomic E-state index is 10.1. The molecule has 0 fully saturated rings. The van der Waals surface area contributed by atoms with Gasteiger partial charge < -0.3 is 0 Å². The molecule has 0 saturated carbocycles. The van der Waals surface area contributed by atoms with Gasteiger partial charge in [0.1, 0.15) is 10.3 Å². The van der Waals surface area contributed by atoms with E-state index >= 15 is 0 Å². The summed E-state index contributed by atoms with van der Waals surface area (Å²) in [5, 5.41) is 6.22. The molecule has 48 valence electrons. The molecule has 1 heterocycles. The quantitative estimate of drug-likeness (QED) is 0.776. The summed E-state index contributed by atoms with van der Waals surface area (Å²) >= 11 is 6.27. The van der Waals surface area contributed by atoms with Crippen molar-refractivity contribution < 1.29 is 4.79 Å². The highest BCUT2D eigenvalue weighted by atomic mass is 79.9. The number of hydrogen-bond acceptors (Lipinski definition) is 2. The molecule has 0 saturated heterocycles. The van der Waals surface area contributed by atoms with Gasteiger partial charge in [0.2, 0.25) is 0 Å². The first-order valence-corrected chi connectivity index (χ1v) is 3.69. The van der Waals surface area contributed by atoms with E-state index in [1.54, 1.807) is 0 Å². The van der Waals surface area contributed by atoms with Crippen molar-refractivity contribution in [3.63, 3.8) is 0 Å². The third-order valence-electron chi connectivity index (χ3n) is 0.804. The van der Waals surface area contributed by atoms with E-state index in [-0.39, 0.29) is 0 Å². The lowest BCUT2D eigenvalue weighted by Gasteiger charge is -1.78. The molecule has 1 aromatic rings. The second-order valence-corrected chi connectivity index (χ2v) is 2.94. The van der Waals surface area contributed by atoms with Crippen molar-refractivity contribution in [2.45, 2.75) is 0 Å². The summed E-state index contributed by atoms with van der Waals surface area (Å²) < 4.78 is 1.35. The standard InChI is InChI=1S/C4H2Br2N2O/c5-3-2(1-9)7-8-4(3)6/h1H,(H,7,8). The van der Waals surface area contributed by atoms with Crippen molar-refractivity contribution >= 4 is 38.1 Å². The van der Waals surface area contributed by atoms with E-state index in [2.05, 4.69) is 42.1 Å². The summed E-state index contributed by atoms with van der Waals surface area (Å²) in [6.45, 7) is 0. The Balaban J connectivity index is 3.18. The molecule has 1 rings (SSSR count). The first-order chi connectivity index (χ1) is 4.25. The third-order valence-corrected chi connectivity index (χ3v) is 2.71. The number of H-pyrrole nitrogens is 1. The minimum atomic E-state index is 0.377. The van der Waals surface area contributed by atoms with Crippen LogP contribution in [0.15, 0.2) is 9.08 Å². The Kier molecular flexibility index (Phi) is 2.02. The fraction of sp³-hybridized carbons (Fsp3) is 0. The number of halogens is 2. The van der Waals surface area contributed by atoms with Gasteiger partial charge in [-0.3, -0.25) is 9.89 Å². The van der Waals surface area contributed by atoms with Crippen LogP contribution in [0.1, 0.15) is 10.5 Å². The van der Waals surface area contributed by atoms with Gasteiger partial charge in [-0.25, -0.2) is 0 Å². The van der Waals surface area contributed by atoms with Gasteiger partial charge in [0.25, 0.3) is 0 Å². The topological polar surface area (TPSA) is 45.8 Å². The molecule has 5 heteroatoms.